The number of aromatic nitrogens is 2. The van der Waals surface area contributed by atoms with Crippen LogP contribution in [-0.4, -0.2) is 9.55 Å². The third-order valence-corrected chi connectivity index (χ3v) is 3.67. The Kier molecular flexibility index (Phi) is 2.74. The highest BCUT2D eigenvalue weighted by atomic mass is 16.1. The van der Waals surface area contributed by atoms with Gasteiger partial charge in [-0.3, -0.25) is 4.79 Å². The molecule has 2 rings (SSSR count). The molecule has 0 bridgehead atoms. The van der Waals surface area contributed by atoms with Crippen molar-refractivity contribution in [1.29, 1.82) is 0 Å². The van der Waals surface area contributed by atoms with Crippen molar-refractivity contribution in [3.05, 3.63) is 22.1 Å². The largest absolute Gasteiger partial charge is 0.369 e. The maximum atomic E-state index is 11.8. The lowest BCUT2D eigenvalue weighted by molar-refractivity contribution is 0.519. The summed E-state index contributed by atoms with van der Waals surface area (Å²) >= 11 is 0. The number of hydrogen-bond donors (Lipinski definition) is 1. The van der Waals surface area contributed by atoms with Gasteiger partial charge >= 0.3 is 0 Å². The van der Waals surface area contributed by atoms with Crippen LogP contribution in [0.4, 0.5) is 5.95 Å². The third kappa shape index (κ3) is 1.84. The van der Waals surface area contributed by atoms with Crippen LogP contribution < -0.4 is 11.3 Å². The molecule has 1 saturated carbocycles. The predicted molar refractivity (Wildman–Crippen MR) is 64.2 cm³/mol. The monoisotopic (exact) mass is 221 g/mol. The molecule has 1 aromatic heterocycles. The molecule has 88 valence electrons. The number of nitrogen functional groups attached to an aromatic ring is 1. The summed E-state index contributed by atoms with van der Waals surface area (Å²) in [6.45, 7) is 4.45. The highest BCUT2D eigenvalue weighted by Crippen LogP contribution is 2.41. The molecule has 2 N–H and O–H groups in total. The molecular formula is C12H19N3O. The van der Waals surface area contributed by atoms with Gasteiger partial charge < -0.3 is 10.3 Å². The van der Waals surface area contributed by atoms with E-state index in [1.807, 2.05) is 13.2 Å². The van der Waals surface area contributed by atoms with Gasteiger partial charge in [0, 0.05) is 18.8 Å². The summed E-state index contributed by atoms with van der Waals surface area (Å²) in [5.41, 5.74) is 6.28. The Morgan fingerprint density at radius 1 is 1.44 bits per heavy atom. The van der Waals surface area contributed by atoms with E-state index < -0.39 is 0 Å². The minimum absolute atomic E-state index is 0.151. The summed E-state index contributed by atoms with van der Waals surface area (Å²) in [7, 11) is 1.83. The number of aryl methyl sites for hydroxylation is 1. The molecule has 0 spiro atoms. The molecule has 0 saturated heterocycles. The minimum atomic E-state index is -0.151. The highest BCUT2D eigenvalue weighted by molar-refractivity contribution is 5.23. The van der Waals surface area contributed by atoms with Gasteiger partial charge in [0.1, 0.15) is 0 Å². The second-order valence-corrected chi connectivity index (χ2v) is 5.13. The Labute approximate surface area is 95.5 Å². The Balaban J connectivity index is 2.41. The molecule has 1 aromatic rings. The van der Waals surface area contributed by atoms with E-state index in [2.05, 4.69) is 18.8 Å². The van der Waals surface area contributed by atoms with Crippen LogP contribution in [0.25, 0.3) is 0 Å². The Morgan fingerprint density at radius 2 is 2.12 bits per heavy atom. The van der Waals surface area contributed by atoms with E-state index in [1.54, 1.807) is 4.57 Å². The van der Waals surface area contributed by atoms with Gasteiger partial charge in [-0.15, -0.1) is 0 Å². The van der Waals surface area contributed by atoms with Crippen molar-refractivity contribution in [1.82, 2.24) is 9.55 Å². The van der Waals surface area contributed by atoms with Gasteiger partial charge in [-0.2, -0.15) is 4.98 Å². The van der Waals surface area contributed by atoms with Gasteiger partial charge in [-0.1, -0.05) is 13.8 Å². The van der Waals surface area contributed by atoms with Crippen LogP contribution in [0.3, 0.4) is 0 Å². The molecule has 0 radical (unpaired) electrons. The smallest absolute Gasteiger partial charge is 0.277 e. The molecule has 0 aliphatic heterocycles. The molecule has 4 heteroatoms. The first-order valence-corrected chi connectivity index (χ1v) is 5.82. The summed E-state index contributed by atoms with van der Waals surface area (Å²) < 4.78 is 1.73. The molecule has 3 atom stereocenters. The molecule has 16 heavy (non-hydrogen) atoms. The zero-order valence-corrected chi connectivity index (χ0v) is 10.1. The summed E-state index contributed by atoms with van der Waals surface area (Å²) in [6.07, 6.45) is 4.13. The summed E-state index contributed by atoms with van der Waals surface area (Å²) in [5.74, 6) is 1.89. The van der Waals surface area contributed by atoms with Gasteiger partial charge in [-0.25, -0.2) is 0 Å². The molecule has 1 fully saturated rings. The number of nitrogens with zero attached hydrogens (tertiary/aromatic N) is 2. The quantitative estimate of drug-likeness (QED) is 0.782. The van der Waals surface area contributed by atoms with Crippen LogP contribution in [-0.2, 0) is 7.05 Å². The first-order valence-electron chi connectivity index (χ1n) is 5.82. The van der Waals surface area contributed by atoms with Crippen LogP contribution in [0.15, 0.2) is 11.0 Å². The third-order valence-electron chi connectivity index (χ3n) is 3.67. The molecule has 1 aliphatic carbocycles. The van der Waals surface area contributed by atoms with E-state index in [-0.39, 0.29) is 11.5 Å². The standard InChI is InChI=1S/C12H19N3O/c1-7-4-8(2)9(5-7)10-6-15(3)12(13)14-11(10)16/h6-9H,4-5H2,1-3H3,(H2,13,14,16)/t7-,8-,9-/m1/s1. The van der Waals surface area contributed by atoms with Gasteiger partial charge in [-0.05, 0) is 30.6 Å². The van der Waals surface area contributed by atoms with Crippen LogP contribution in [0.1, 0.15) is 38.2 Å². The SMILES string of the molecule is C[C@@H]1C[C@@H](C)[C@H](c2cn(C)c(N)nc2=O)C1. The van der Waals surface area contributed by atoms with E-state index in [0.29, 0.717) is 17.8 Å². The number of rotatable bonds is 1. The molecule has 1 aliphatic rings. The number of hydrogen-bond acceptors (Lipinski definition) is 3. The summed E-state index contributed by atoms with van der Waals surface area (Å²) in [5, 5.41) is 0. The van der Waals surface area contributed by atoms with Crippen molar-refractivity contribution in [2.45, 2.75) is 32.6 Å². The number of nitrogens with two attached hydrogens (primary N) is 1. The fourth-order valence-corrected chi connectivity index (χ4v) is 2.83. The zero-order chi connectivity index (χ0) is 11.9. The summed E-state index contributed by atoms with van der Waals surface area (Å²) in [4.78, 5) is 15.7. The normalized spacial score (nSPS) is 29.6. The van der Waals surface area contributed by atoms with Crippen LogP contribution in [0.2, 0.25) is 0 Å². The lowest BCUT2D eigenvalue weighted by Crippen LogP contribution is -2.22. The van der Waals surface area contributed by atoms with Gasteiger partial charge in [0.2, 0.25) is 5.95 Å². The molecular weight excluding hydrogens is 202 g/mol. The van der Waals surface area contributed by atoms with E-state index >= 15 is 0 Å². The minimum Gasteiger partial charge on any atom is -0.369 e. The molecule has 0 amide bonds. The van der Waals surface area contributed by atoms with Crippen molar-refractivity contribution in [3.63, 3.8) is 0 Å². The topological polar surface area (TPSA) is 60.9 Å². The second-order valence-electron chi connectivity index (χ2n) is 5.13. The lowest BCUT2D eigenvalue weighted by Gasteiger charge is -2.15. The average Bonchev–Trinajstić information content (AvgIpc) is 2.51. The van der Waals surface area contributed by atoms with E-state index in [1.165, 1.54) is 6.42 Å². The van der Waals surface area contributed by atoms with Crippen LogP contribution in [0, 0.1) is 11.8 Å². The average molecular weight is 221 g/mol. The molecule has 1 heterocycles. The fourth-order valence-electron chi connectivity index (χ4n) is 2.83. The van der Waals surface area contributed by atoms with Crippen molar-refractivity contribution in [3.8, 4) is 0 Å². The van der Waals surface area contributed by atoms with Crippen LogP contribution >= 0.6 is 0 Å². The molecule has 0 unspecified atom stereocenters. The highest BCUT2D eigenvalue weighted by Gasteiger charge is 2.31. The first-order chi connectivity index (χ1) is 7.49. The number of anilines is 1. The Hall–Kier alpha value is -1.32. The maximum Gasteiger partial charge on any atom is 0.277 e. The van der Waals surface area contributed by atoms with E-state index in [0.717, 1.165) is 12.0 Å². The Bertz CT molecular complexity index is 452. The molecule has 0 aromatic carbocycles. The Morgan fingerprint density at radius 3 is 2.69 bits per heavy atom. The predicted octanol–water partition coefficient (Wildman–Crippen LogP) is 1.51. The maximum absolute atomic E-state index is 11.8. The van der Waals surface area contributed by atoms with Gasteiger partial charge in [0.05, 0.1) is 0 Å². The summed E-state index contributed by atoms with van der Waals surface area (Å²) in [6, 6.07) is 0. The van der Waals surface area contributed by atoms with Gasteiger partial charge in [0.25, 0.3) is 5.56 Å². The van der Waals surface area contributed by atoms with Gasteiger partial charge in [0.15, 0.2) is 0 Å². The van der Waals surface area contributed by atoms with Crippen molar-refractivity contribution in [2.75, 3.05) is 5.73 Å². The second kappa shape index (κ2) is 3.92. The first kappa shape index (κ1) is 11.2. The lowest BCUT2D eigenvalue weighted by atomic mass is 9.92. The van der Waals surface area contributed by atoms with Crippen LogP contribution in [0.5, 0.6) is 0 Å². The van der Waals surface area contributed by atoms with E-state index in [4.69, 9.17) is 5.73 Å². The zero-order valence-electron chi connectivity index (χ0n) is 10.1. The van der Waals surface area contributed by atoms with Crippen molar-refractivity contribution >= 4 is 5.95 Å². The fraction of sp³-hybridized carbons (Fsp3) is 0.667. The van der Waals surface area contributed by atoms with Crippen molar-refractivity contribution in [2.24, 2.45) is 18.9 Å². The molecule has 4 nitrogen and oxygen atoms in total. The van der Waals surface area contributed by atoms with E-state index in [9.17, 15) is 4.79 Å². The van der Waals surface area contributed by atoms with Crippen molar-refractivity contribution < 1.29 is 0 Å².